The number of carbonyl (C=O) groups is 2. The van der Waals surface area contributed by atoms with Gasteiger partial charge in [-0.15, -0.1) is 0 Å². The highest BCUT2D eigenvalue weighted by Crippen LogP contribution is 2.40. The van der Waals surface area contributed by atoms with Gasteiger partial charge in [0.25, 0.3) is 0 Å². The maximum absolute atomic E-state index is 13.6. The smallest absolute Gasteiger partial charge is 0.303 e. The van der Waals surface area contributed by atoms with Gasteiger partial charge in [-0.2, -0.15) is 0 Å². The maximum Gasteiger partial charge on any atom is 0.303 e. The predicted molar refractivity (Wildman–Crippen MR) is 100.0 cm³/mol. The van der Waals surface area contributed by atoms with Crippen LogP contribution < -0.4 is 4.90 Å². The molecule has 0 unspecified atom stereocenters. The van der Waals surface area contributed by atoms with Gasteiger partial charge >= 0.3 is 5.97 Å². The SMILES string of the molecule is CC(=O)OCc1nc2c(cc1Cc1cccc(F)c1)N(C(C)=O)CC2(C)C. The summed E-state index contributed by atoms with van der Waals surface area (Å²) in [6.45, 7) is 7.53. The molecule has 0 spiro atoms. The first-order valence-corrected chi connectivity index (χ1v) is 8.86. The van der Waals surface area contributed by atoms with E-state index >= 15 is 0 Å². The Balaban J connectivity index is 2.08. The van der Waals surface area contributed by atoms with Crippen LogP contribution in [0.4, 0.5) is 10.1 Å². The number of benzene rings is 1. The first-order valence-electron chi connectivity index (χ1n) is 8.86. The van der Waals surface area contributed by atoms with Crippen molar-refractivity contribution in [2.24, 2.45) is 0 Å². The Labute approximate surface area is 158 Å². The molecule has 6 heteroatoms. The molecule has 3 rings (SSSR count). The Morgan fingerprint density at radius 3 is 2.63 bits per heavy atom. The van der Waals surface area contributed by atoms with Crippen LogP contribution in [0.5, 0.6) is 0 Å². The molecule has 0 bridgehead atoms. The van der Waals surface area contributed by atoms with Gasteiger partial charge in [0.15, 0.2) is 0 Å². The lowest BCUT2D eigenvalue weighted by molar-refractivity contribution is -0.142. The quantitative estimate of drug-likeness (QED) is 0.773. The fourth-order valence-electron chi connectivity index (χ4n) is 3.44. The van der Waals surface area contributed by atoms with Gasteiger partial charge in [0.2, 0.25) is 5.91 Å². The van der Waals surface area contributed by atoms with Crippen LogP contribution in [0.15, 0.2) is 30.3 Å². The van der Waals surface area contributed by atoms with Gasteiger partial charge < -0.3 is 9.64 Å². The molecule has 0 atom stereocenters. The fraction of sp³-hybridized carbons (Fsp3) is 0.381. The van der Waals surface area contributed by atoms with E-state index in [-0.39, 0.29) is 23.7 Å². The summed E-state index contributed by atoms with van der Waals surface area (Å²) in [5, 5.41) is 0. The molecular formula is C21H23FN2O3. The second-order valence-electron chi connectivity index (χ2n) is 7.54. The van der Waals surface area contributed by atoms with Crippen LogP contribution in [0.3, 0.4) is 0 Å². The van der Waals surface area contributed by atoms with Crippen molar-refractivity contribution in [2.75, 3.05) is 11.4 Å². The third kappa shape index (κ3) is 3.99. The minimum Gasteiger partial charge on any atom is -0.459 e. The summed E-state index contributed by atoms with van der Waals surface area (Å²) in [5.74, 6) is -0.749. The van der Waals surface area contributed by atoms with E-state index in [0.717, 1.165) is 22.5 Å². The highest BCUT2D eigenvalue weighted by Gasteiger charge is 2.39. The number of halogens is 1. The van der Waals surface area contributed by atoms with Crippen molar-refractivity contribution in [3.05, 3.63) is 58.7 Å². The molecule has 1 aliphatic heterocycles. The highest BCUT2D eigenvalue weighted by atomic mass is 19.1. The molecule has 1 amide bonds. The van der Waals surface area contributed by atoms with Crippen molar-refractivity contribution in [2.45, 2.75) is 46.1 Å². The topological polar surface area (TPSA) is 59.5 Å². The summed E-state index contributed by atoms with van der Waals surface area (Å²) in [4.78, 5) is 29.9. The van der Waals surface area contributed by atoms with Crippen LogP contribution in [0.25, 0.3) is 0 Å². The van der Waals surface area contributed by atoms with Crippen LogP contribution in [-0.4, -0.2) is 23.4 Å². The number of hydrogen-bond donors (Lipinski definition) is 0. The number of ether oxygens (including phenoxy) is 1. The van der Waals surface area contributed by atoms with E-state index in [1.807, 2.05) is 26.0 Å². The van der Waals surface area contributed by atoms with Crippen LogP contribution in [0.1, 0.15) is 50.2 Å². The third-order valence-corrected chi connectivity index (χ3v) is 4.73. The van der Waals surface area contributed by atoms with Crippen molar-refractivity contribution in [3.63, 3.8) is 0 Å². The van der Waals surface area contributed by atoms with Crippen molar-refractivity contribution in [3.8, 4) is 0 Å². The Bertz CT molecular complexity index is 908. The number of esters is 1. The standard InChI is InChI=1S/C21H23FN2O3/c1-13(25)24-12-21(3,4)20-19(24)10-16(18(23-20)11-27-14(2)26)8-15-6-5-7-17(22)9-15/h5-7,9-10H,8,11-12H2,1-4H3. The Hall–Kier alpha value is -2.76. The molecule has 1 aliphatic rings. The summed E-state index contributed by atoms with van der Waals surface area (Å²) in [6, 6.07) is 8.27. The number of aromatic nitrogens is 1. The van der Waals surface area contributed by atoms with Crippen molar-refractivity contribution in [1.82, 2.24) is 4.98 Å². The van der Waals surface area contributed by atoms with Gasteiger partial charge in [-0.05, 0) is 35.7 Å². The van der Waals surface area contributed by atoms with E-state index < -0.39 is 5.97 Å². The molecule has 0 radical (unpaired) electrons. The lowest BCUT2D eigenvalue weighted by atomic mass is 9.90. The van der Waals surface area contributed by atoms with E-state index in [0.29, 0.717) is 18.7 Å². The molecule has 0 saturated heterocycles. The Morgan fingerprint density at radius 1 is 1.26 bits per heavy atom. The van der Waals surface area contributed by atoms with E-state index in [4.69, 9.17) is 9.72 Å². The summed E-state index contributed by atoms with van der Waals surface area (Å²) in [6.07, 6.45) is 0.431. The van der Waals surface area contributed by atoms with E-state index in [1.165, 1.54) is 26.0 Å². The number of rotatable bonds is 4. The third-order valence-electron chi connectivity index (χ3n) is 4.73. The first-order chi connectivity index (χ1) is 12.7. The highest BCUT2D eigenvalue weighted by molar-refractivity contribution is 5.94. The molecule has 5 nitrogen and oxygen atoms in total. The molecule has 27 heavy (non-hydrogen) atoms. The van der Waals surface area contributed by atoms with Gasteiger partial charge in [-0.25, -0.2) is 4.39 Å². The second kappa shape index (κ2) is 7.10. The first kappa shape index (κ1) is 19.0. The number of amides is 1. The van der Waals surface area contributed by atoms with Crippen LogP contribution in [-0.2, 0) is 32.8 Å². The normalized spacial score (nSPS) is 14.8. The van der Waals surface area contributed by atoms with E-state index in [9.17, 15) is 14.0 Å². The van der Waals surface area contributed by atoms with Crippen LogP contribution in [0, 0.1) is 5.82 Å². The molecular weight excluding hydrogens is 347 g/mol. The zero-order chi connectivity index (χ0) is 19.8. The predicted octanol–water partition coefficient (Wildman–Crippen LogP) is 3.52. The minimum absolute atomic E-state index is 0.0451. The summed E-state index contributed by atoms with van der Waals surface area (Å²) >= 11 is 0. The van der Waals surface area contributed by atoms with E-state index in [2.05, 4.69) is 0 Å². The number of fused-ring (bicyclic) bond motifs is 1. The molecule has 0 fully saturated rings. The molecule has 0 N–H and O–H groups in total. The van der Waals surface area contributed by atoms with Crippen LogP contribution in [0.2, 0.25) is 0 Å². The van der Waals surface area contributed by atoms with Gasteiger partial charge in [0, 0.05) is 25.8 Å². The average molecular weight is 370 g/mol. The molecule has 1 aromatic carbocycles. The number of hydrogen-bond acceptors (Lipinski definition) is 4. The molecule has 142 valence electrons. The largest absolute Gasteiger partial charge is 0.459 e. The Kier molecular flexibility index (Phi) is 5.00. The summed E-state index contributed by atoms with van der Waals surface area (Å²) < 4.78 is 18.8. The fourth-order valence-corrected chi connectivity index (χ4v) is 3.44. The van der Waals surface area contributed by atoms with Gasteiger partial charge in [-0.1, -0.05) is 26.0 Å². The molecule has 2 heterocycles. The van der Waals surface area contributed by atoms with Crippen molar-refractivity contribution >= 4 is 17.6 Å². The number of carbonyl (C=O) groups excluding carboxylic acids is 2. The number of anilines is 1. The molecule has 1 aromatic heterocycles. The second-order valence-corrected chi connectivity index (χ2v) is 7.54. The summed E-state index contributed by atoms with van der Waals surface area (Å²) in [5.41, 5.74) is 3.50. The van der Waals surface area contributed by atoms with Crippen molar-refractivity contribution in [1.29, 1.82) is 0 Å². The molecule has 2 aromatic rings. The lowest BCUT2D eigenvalue weighted by Gasteiger charge is -2.18. The van der Waals surface area contributed by atoms with Gasteiger partial charge in [-0.3, -0.25) is 14.6 Å². The van der Waals surface area contributed by atoms with Gasteiger partial charge in [0.1, 0.15) is 12.4 Å². The monoisotopic (exact) mass is 370 g/mol. The van der Waals surface area contributed by atoms with Crippen LogP contribution >= 0.6 is 0 Å². The summed E-state index contributed by atoms with van der Waals surface area (Å²) in [7, 11) is 0. The van der Waals surface area contributed by atoms with Gasteiger partial charge in [0.05, 0.1) is 17.1 Å². The molecule has 0 aliphatic carbocycles. The van der Waals surface area contributed by atoms with E-state index in [1.54, 1.807) is 11.0 Å². The zero-order valence-electron chi connectivity index (χ0n) is 16.0. The lowest BCUT2D eigenvalue weighted by Crippen LogP contribution is -2.32. The maximum atomic E-state index is 13.6. The van der Waals surface area contributed by atoms with Crippen molar-refractivity contribution < 1.29 is 18.7 Å². The number of pyridine rings is 1. The number of nitrogens with zero attached hydrogens (tertiary/aromatic N) is 2. The average Bonchev–Trinajstić information content (AvgIpc) is 2.83. The molecule has 0 saturated carbocycles. The zero-order valence-corrected chi connectivity index (χ0v) is 16.0. The minimum atomic E-state index is -0.390. The Morgan fingerprint density at radius 2 is 2.00 bits per heavy atom.